The van der Waals surface area contributed by atoms with Crippen LogP contribution in [0.2, 0.25) is 10.0 Å². The first kappa shape index (κ1) is 49.4. The molecule has 7 rings (SSSR count). The third-order valence-corrected chi connectivity index (χ3v) is 9.54. The number of methoxy groups -OCH3 is 3. The van der Waals surface area contributed by atoms with E-state index in [4.69, 9.17) is 48.3 Å². The Balaban J connectivity index is 0.000000207. The van der Waals surface area contributed by atoms with Crippen LogP contribution in [0.25, 0.3) is 22.0 Å². The van der Waals surface area contributed by atoms with E-state index in [0.717, 1.165) is 35.2 Å². The molecule has 6 aromatic carbocycles. The van der Waals surface area contributed by atoms with Gasteiger partial charge in [0.1, 0.15) is 22.8 Å². The van der Waals surface area contributed by atoms with Crippen molar-refractivity contribution in [1.29, 1.82) is 0 Å². The second-order valence-corrected chi connectivity index (χ2v) is 14.3. The summed E-state index contributed by atoms with van der Waals surface area (Å²) in [5.41, 5.74) is 6.53. The molecule has 0 atom stereocenters. The lowest BCUT2D eigenvalue weighted by Gasteiger charge is -2.13. The summed E-state index contributed by atoms with van der Waals surface area (Å²) < 4.78 is 92.0. The number of aromatic nitrogens is 2. The molecule has 342 valence electrons. The number of nitrogens with zero attached hydrogens (tertiary/aromatic N) is 2. The fourth-order valence-corrected chi connectivity index (χ4v) is 6.28. The lowest BCUT2D eigenvalue weighted by molar-refractivity contribution is -0.138. The van der Waals surface area contributed by atoms with Crippen LogP contribution in [0.5, 0.6) is 17.2 Å². The zero-order valence-electron chi connectivity index (χ0n) is 34.5. The van der Waals surface area contributed by atoms with E-state index in [1.807, 2.05) is 12.1 Å². The molecule has 20 heteroatoms. The number of fused-ring (bicyclic) bond motifs is 1. The predicted molar refractivity (Wildman–Crippen MR) is 238 cm³/mol. The topological polar surface area (TPSA) is 175 Å². The number of rotatable bonds is 9. The number of carbonyl (C=O) groups is 3. The van der Waals surface area contributed by atoms with E-state index in [2.05, 4.69) is 20.6 Å². The van der Waals surface area contributed by atoms with Crippen molar-refractivity contribution in [3.05, 3.63) is 165 Å². The van der Waals surface area contributed by atoms with E-state index in [1.165, 1.54) is 69.9 Å². The second-order valence-electron chi connectivity index (χ2n) is 13.5. The normalized spacial score (nSPS) is 11.0. The van der Waals surface area contributed by atoms with Gasteiger partial charge in [-0.1, -0.05) is 47.5 Å². The van der Waals surface area contributed by atoms with Gasteiger partial charge in [0.25, 0.3) is 11.8 Å². The van der Waals surface area contributed by atoms with Gasteiger partial charge < -0.3 is 35.7 Å². The maximum Gasteiger partial charge on any atom is 0.416 e. The fraction of sp³-hybridized carbons (Fsp3) is 0.109. The average molecular weight is 955 g/mol. The molecule has 12 nitrogen and oxygen atoms in total. The molecule has 0 saturated heterocycles. The number of ether oxygens (including phenoxy) is 3. The summed E-state index contributed by atoms with van der Waals surface area (Å²) in [5.74, 6) is -1.22. The lowest BCUT2D eigenvalue weighted by Crippen LogP contribution is -2.14. The minimum absolute atomic E-state index is 0.0257. The third-order valence-electron chi connectivity index (χ3n) is 9.07. The smallest absolute Gasteiger partial charge is 0.416 e. The molecule has 0 bridgehead atoms. The number of nitrogen functional groups attached to an aromatic ring is 1. The molecule has 0 radical (unpaired) electrons. The Hall–Kier alpha value is -7.57. The third kappa shape index (κ3) is 13.0. The second kappa shape index (κ2) is 21.4. The number of alkyl halides is 6. The van der Waals surface area contributed by atoms with Gasteiger partial charge in [-0.05, 0) is 108 Å². The molecule has 7 aromatic rings. The Bertz CT molecular complexity index is 2900. The number of anilines is 3. The van der Waals surface area contributed by atoms with Gasteiger partial charge in [0.15, 0.2) is 0 Å². The average Bonchev–Trinajstić information content (AvgIpc) is 3.28. The molecular weight excluding hydrogens is 919 g/mol. The first-order valence-corrected chi connectivity index (χ1v) is 19.5. The molecule has 5 N–H and O–H groups in total. The van der Waals surface area contributed by atoms with Crippen molar-refractivity contribution >= 4 is 69.2 Å². The Labute approximate surface area is 381 Å². The number of hydrogen-bond acceptors (Lipinski definition) is 9. The van der Waals surface area contributed by atoms with Crippen LogP contribution in [0.3, 0.4) is 0 Å². The molecular formula is C46H35Cl2F6N5O7. The number of carboxylic acids is 1. The highest BCUT2D eigenvalue weighted by atomic mass is 35.5. The number of nitrogens with two attached hydrogens (primary N) is 1. The van der Waals surface area contributed by atoms with E-state index >= 15 is 0 Å². The van der Waals surface area contributed by atoms with E-state index in [9.17, 15) is 40.7 Å². The van der Waals surface area contributed by atoms with Gasteiger partial charge in [-0.25, -0.2) is 14.8 Å². The Morgan fingerprint density at radius 2 is 1.03 bits per heavy atom. The van der Waals surface area contributed by atoms with E-state index in [-0.39, 0.29) is 45.5 Å². The highest BCUT2D eigenvalue weighted by Gasteiger charge is 2.31. The number of amides is 2. The van der Waals surface area contributed by atoms with E-state index in [1.54, 1.807) is 42.6 Å². The largest absolute Gasteiger partial charge is 0.496 e. The molecule has 1 aromatic heterocycles. The maximum atomic E-state index is 13.0. The van der Waals surface area contributed by atoms with Crippen molar-refractivity contribution < 1.29 is 60.0 Å². The summed E-state index contributed by atoms with van der Waals surface area (Å²) in [7, 11) is 4.20. The molecule has 0 spiro atoms. The minimum atomic E-state index is -4.51. The van der Waals surface area contributed by atoms with Crippen molar-refractivity contribution in [3.8, 4) is 28.4 Å². The van der Waals surface area contributed by atoms with Crippen LogP contribution in [0, 0.1) is 0 Å². The van der Waals surface area contributed by atoms with Crippen molar-refractivity contribution in [2.45, 2.75) is 12.4 Å². The molecule has 0 unspecified atom stereocenters. The van der Waals surface area contributed by atoms with Crippen LogP contribution < -0.4 is 30.6 Å². The molecule has 0 fully saturated rings. The van der Waals surface area contributed by atoms with E-state index in [0.29, 0.717) is 26.9 Å². The summed E-state index contributed by atoms with van der Waals surface area (Å²) in [4.78, 5) is 43.8. The monoisotopic (exact) mass is 953 g/mol. The van der Waals surface area contributed by atoms with Crippen molar-refractivity contribution in [3.63, 3.8) is 0 Å². The van der Waals surface area contributed by atoms with Crippen LogP contribution in [0.1, 0.15) is 42.2 Å². The Morgan fingerprint density at radius 3 is 1.52 bits per heavy atom. The van der Waals surface area contributed by atoms with Crippen molar-refractivity contribution in [1.82, 2.24) is 9.97 Å². The Kier molecular flexibility index (Phi) is 16.0. The fourth-order valence-electron chi connectivity index (χ4n) is 5.94. The summed E-state index contributed by atoms with van der Waals surface area (Å²) in [5, 5.41) is 15.0. The predicted octanol–water partition coefficient (Wildman–Crippen LogP) is 11.8. The van der Waals surface area contributed by atoms with Gasteiger partial charge in [-0.2, -0.15) is 26.3 Å². The highest BCUT2D eigenvalue weighted by Crippen LogP contribution is 2.34. The first-order chi connectivity index (χ1) is 31.2. The van der Waals surface area contributed by atoms with Crippen molar-refractivity contribution in [2.75, 3.05) is 37.7 Å². The molecule has 0 aliphatic carbocycles. The number of carbonyl (C=O) groups excluding carboxylic acids is 2. The van der Waals surface area contributed by atoms with Gasteiger partial charge in [-0.15, -0.1) is 0 Å². The number of carboxylic acid groups (broad SMARTS) is 1. The zero-order chi connectivity index (χ0) is 48.3. The molecule has 0 saturated carbocycles. The van der Waals surface area contributed by atoms with Gasteiger partial charge >= 0.3 is 18.3 Å². The molecule has 0 aliphatic heterocycles. The maximum absolute atomic E-state index is 13.0. The van der Waals surface area contributed by atoms with Crippen LogP contribution in [-0.4, -0.2) is 54.2 Å². The van der Waals surface area contributed by atoms with Gasteiger partial charge in [-0.3, -0.25) is 9.59 Å². The van der Waals surface area contributed by atoms with Crippen molar-refractivity contribution in [2.24, 2.45) is 0 Å². The van der Waals surface area contributed by atoms with Crippen LogP contribution in [0.15, 0.2) is 128 Å². The van der Waals surface area contributed by atoms with Gasteiger partial charge in [0, 0.05) is 33.0 Å². The lowest BCUT2D eigenvalue weighted by atomic mass is 10.0. The molecule has 2 amide bonds. The van der Waals surface area contributed by atoms with Gasteiger partial charge in [0.05, 0.1) is 49.1 Å². The highest BCUT2D eigenvalue weighted by molar-refractivity contribution is 6.31. The summed E-state index contributed by atoms with van der Waals surface area (Å²) >= 11 is 11.4. The number of aromatic carboxylic acids is 1. The van der Waals surface area contributed by atoms with Crippen LogP contribution in [-0.2, 0) is 12.4 Å². The number of hydrogen-bond donors (Lipinski definition) is 4. The minimum Gasteiger partial charge on any atom is -0.496 e. The van der Waals surface area contributed by atoms with E-state index < -0.39 is 41.3 Å². The molecule has 66 heavy (non-hydrogen) atoms. The summed E-state index contributed by atoms with van der Waals surface area (Å²) in [6.07, 6.45) is -7.39. The Morgan fingerprint density at radius 1 is 0.591 bits per heavy atom. The van der Waals surface area contributed by atoms with Crippen LogP contribution >= 0.6 is 23.2 Å². The zero-order valence-corrected chi connectivity index (χ0v) is 36.0. The van der Waals surface area contributed by atoms with Crippen LogP contribution in [0.4, 0.5) is 43.7 Å². The van der Waals surface area contributed by atoms with Gasteiger partial charge in [0.2, 0.25) is 5.95 Å². The summed E-state index contributed by atoms with van der Waals surface area (Å²) in [6.45, 7) is 0. The quantitative estimate of drug-likeness (QED) is 0.102. The first-order valence-electron chi connectivity index (χ1n) is 18.8. The summed E-state index contributed by atoms with van der Waals surface area (Å²) in [6, 6.07) is 28.1. The SMILES string of the molecule is COc1ccc(-c2ccc3nc(N)ncc3c2)cc1C(=O)Nc1cccc(C(F)(F)F)c1.COc1ccc(Cl)cc1C(=O)Nc1cccc(C(F)(F)F)c1.COc1ccc(Cl)cc1C(=O)O. The number of benzene rings is 6. The molecule has 1 heterocycles. The molecule has 0 aliphatic rings. The number of nitrogens with one attached hydrogen (secondary N) is 2. The standard InChI is InChI=1S/C23H17F3N4O2.C15H11ClF3NO2.C8H7ClO3/c1-32-20-8-6-14(13-5-7-19-15(9-13)12-28-22(27)30-19)10-18(20)21(31)29-17-4-2-3-16(11-17)23(24,25)26;1-22-13-6-5-10(16)8-12(13)14(21)20-11-4-2-3-9(7-11)15(17,18)19;1-12-7-3-2-5(9)4-6(7)8(10)11/h2-12H,1H3,(H,29,31)(H2,27,28,30);2-8H,1H3,(H,20,21);2-4H,1H3,(H,10,11). The number of halogens is 8.